The zero-order valence-corrected chi connectivity index (χ0v) is 15.9. The maximum Gasteiger partial charge on any atom is 0.319 e. The molecule has 0 unspecified atom stereocenters. The summed E-state index contributed by atoms with van der Waals surface area (Å²) in [6.07, 6.45) is 2.64. The minimum Gasteiger partial charge on any atom is -0.334 e. The van der Waals surface area contributed by atoms with Gasteiger partial charge < -0.3 is 10.6 Å². The Morgan fingerprint density at radius 3 is 2.62 bits per heavy atom. The van der Waals surface area contributed by atoms with Crippen molar-refractivity contribution < 1.29 is 4.79 Å². The van der Waals surface area contributed by atoms with Crippen LogP contribution in [0.1, 0.15) is 30.9 Å². The van der Waals surface area contributed by atoms with E-state index in [0.29, 0.717) is 17.3 Å². The number of anilines is 1. The first-order valence-electron chi connectivity index (χ1n) is 9.20. The Balaban J connectivity index is 1.46. The Morgan fingerprint density at radius 1 is 1.15 bits per heavy atom. The van der Waals surface area contributed by atoms with Crippen LogP contribution in [0.4, 0.5) is 10.5 Å². The Morgan fingerprint density at radius 2 is 1.88 bits per heavy atom. The molecule has 0 saturated carbocycles. The summed E-state index contributed by atoms with van der Waals surface area (Å²) in [4.78, 5) is 14.5. The molecule has 1 aliphatic heterocycles. The standard InChI is InChI=1S/C21H26ClN3O/c1-16-5-4-12-25(14-16)15-18-10-8-17(9-11-18)13-23-21(26)24-20-7-3-2-6-19(20)22/h2-3,6-11,16H,4-5,12-15H2,1H3,(H2,23,24,26)/t16-/m0/s1. The molecule has 4 nitrogen and oxygen atoms in total. The Kier molecular flexibility index (Phi) is 6.53. The molecule has 26 heavy (non-hydrogen) atoms. The van der Waals surface area contributed by atoms with Crippen molar-refractivity contribution >= 4 is 23.3 Å². The van der Waals surface area contributed by atoms with Gasteiger partial charge in [-0.2, -0.15) is 0 Å². The minimum atomic E-state index is -0.260. The van der Waals surface area contributed by atoms with Crippen LogP contribution in [0.2, 0.25) is 5.02 Å². The average Bonchev–Trinajstić information content (AvgIpc) is 2.63. The summed E-state index contributed by atoms with van der Waals surface area (Å²) in [6.45, 7) is 6.19. The molecule has 1 heterocycles. The van der Waals surface area contributed by atoms with Crippen molar-refractivity contribution in [2.75, 3.05) is 18.4 Å². The Bertz CT molecular complexity index is 732. The van der Waals surface area contributed by atoms with E-state index in [4.69, 9.17) is 11.6 Å². The van der Waals surface area contributed by atoms with Crippen molar-refractivity contribution in [1.29, 1.82) is 0 Å². The monoisotopic (exact) mass is 371 g/mol. The van der Waals surface area contributed by atoms with Crippen molar-refractivity contribution in [3.8, 4) is 0 Å². The molecule has 0 aliphatic carbocycles. The summed E-state index contributed by atoms with van der Waals surface area (Å²) in [5.41, 5.74) is 3.01. The molecule has 1 saturated heterocycles. The topological polar surface area (TPSA) is 44.4 Å². The third kappa shape index (κ3) is 5.48. The zero-order chi connectivity index (χ0) is 18.4. The van der Waals surface area contributed by atoms with Crippen LogP contribution in [-0.2, 0) is 13.1 Å². The first kappa shape index (κ1) is 18.7. The van der Waals surface area contributed by atoms with E-state index in [1.165, 1.54) is 31.5 Å². The largest absolute Gasteiger partial charge is 0.334 e. The molecule has 2 N–H and O–H groups in total. The van der Waals surface area contributed by atoms with Crippen molar-refractivity contribution in [2.45, 2.75) is 32.9 Å². The lowest BCUT2D eigenvalue weighted by Gasteiger charge is -2.30. The van der Waals surface area contributed by atoms with E-state index < -0.39 is 0 Å². The smallest absolute Gasteiger partial charge is 0.319 e. The van der Waals surface area contributed by atoms with Crippen LogP contribution in [0.25, 0.3) is 0 Å². The van der Waals surface area contributed by atoms with E-state index in [-0.39, 0.29) is 6.03 Å². The van der Waals surface area contributed by atoms with Crippen molar-refractivity contribution in [2.24, 2.45) is 5.92 Å². The van der Waals surface area contributed by atoms with Gasteiger partial charge in [-0.15, -0.1) is 0 Å². The number of halogens is 1. The van der Waals surface area contributed by atoms with Crippen molar-refractivity contribution in [3.05, 3.63) is 64.7 Å². The second kappa shape index (κ2) is 9.06. The number of piperidine rings is 1. The SMILES string of the molecule is C[C@H]1CCCN(Cc2ccc(CNC(=O)Nc3ccccc3Cl)cc2)C1. The van der Waals surface area contributed by atoms with Crippen LogP contribution in [0.3, 0.4) is 0 Å². The first-order valence-corrected chi connectivity index (χ1v) is 9.57. The second-order valence-corrected chi connectivity index (χ2v) is 7.49. The van der Waals surface area contributed by atoms with Gasteiger partial charge in [0.15, 0.2) is 0 Å². The molecule has 1 aliphatic rings. The third-order valence-electron chi connectivity index (χ3n) is 4.75. The Labute approximate surface area is 160 Å². The summed E-state index contributed by atoms with van der Waals surface area (Å²) in [5.74, 6) is 0.795. The highest BCUT2D eigenvalue weighted by molar-refractivity contribution is 6.33. The second-order valence-electron chi connectivity index (χ2n) is 7.09. The third-order valence-corrected chi connectivity index (χ3v) is 5.08. The fraction of sp³-hybridized carbons (Fsp3) is 0.381. The first-order chi connectivity index (χ1) is 12.6. The summed E-state index contributed by atoms with van der Waals surface area (Å²) < 4.78 is 0. The Hall–Kier alpha value is -2.04. The molecule has 0 radical (unpaired) electrons. The van der Waals surface area contributed by atoms with Crippen LogP contribution in [0.15, 0.2) is 48.5 Å². The molecule has 3 rings (SSSR count). The fourth-order valence-electron chi connectivity index (χ4n) is 3.36. The van der Waals surface area contributed by atoms with Crippen LogP contribution >= 0.6 is 11.6 Å². The van der Waals surface area contributed by atoms with Crippen LogP contribution in [-0.4, -0.2) is 24.0 Å². The number of para-hydroxylation sites is 1. The number of carbonyl (C=O) groups excluding carboxylic acids is 1. The maximum atomic E-state index is 12.0. The molecule has 5 heteroatoms. The number of nitrogens with zero attached hydrogens (tertiary/aromatic N) is 1. The molecule has 1 atom stereocenters. The number of likely N-dealkylation sites (tertiary alicyclic amines) is 1. The molecule has 138 valence electrons. The number of benzene rings is 2. The molecule has 0 bridgehead atoms. The fourth-order valence-corrected chi connectivity index (χ4v) is 3.55. The van der Waals surface area contributed by atoms with Crippen molar-refractivity contribution in [1.82, 2.24) is 10.2 Å². The van der Waals surface area contributed by atoms with Gasteiger partial charge in [0.2, 0.25) is 0 Å². The van der Waals surface area contributed by atoms with Gasteiger partial charge in [0, 0.05) is 19.6 Å². The van der Waals surface area contributed by atoms with Gasteiger partial charge in [0.1, 0.15) is 0 Å². The lowest BCUT2D eigenvalue weighted by Crippen LogP contribution is -2.33. The minimum absolute atomic E-state index is 0.260. The summed E-state index contributed by atoms with van der Waals surface area (Å²) in [5, 5.41) is 6.15. The predicted octanol–water partition coefficient (Wildman–Crippen LogP) is 4.89. The molecular formula is C21H26ClN3O. The summed E-state index contributed by atoms with van der Waals surface area (Å²) >= 11 is 6.05. The van der Waals surface area contributed by atoms with Gasteiger partial charge in [-0.1, -0.05) is 54.9 Å². The molecule has 1 fully saturated rings. The van der Waals surface area contributed by atoms with Crippen LogP contribution in [0.5, 0.6) is 0 Å². The average molecular weight is 372 g/mol. The number of hydrogen-bond acceptors (Lipinski definition) is 2. The van der Waals surface area contributed by atoms with Crippen molar-refractivity contribution in [3.63, 3.8) is 0 Å². The lowest BCUT2D eigenvalue weighted by molar-refractivity contribution is 0.176. The zero-order valence-electron chi connectivity index (χ0n) is 15.2. The van der Waals surface area contributed by atoms with Crippen LogP contribution in [0, 0.1) is 5.92 Å². The highest BCUT2D eigenvalue weighted by Crippen LogP contribution is 2.20. The molecule has 2 aromatic rings. The summed E-state index contributed by atoms with van der Waals surface area (Å²) in [6, 6.07) is 15.4. The van der Waals surface area contributed by atoms with Gasteiger partial charge in [-0.3, -0.25) is 4.90 Å². The van der Waals surface area contributed by atoms with E-state index in [2.05, 4.69) is 46.7 Å². The molecule has 0 aromatic heterocycles. The maximum absolute atomic E-state index is 12.0. The number of amides is 2. The molecule has 2 amide bonds. The van der Waals surface area contributed by atoms with Gasteiger partial charge >= 0.3 is 6.03 Å². The van der Waals surface area contributed by atoms with E-state index in [9.17, 15) is 4.79 Å². The summed E-state index contributed by atoms with van der Waals surface area (Å²) in [7, 11) is 0. The van der Waals surface area contributed by atoms with Gasteiger partial charge in [-0.25, -0.2) is 4.79 Å². The van der Waals surface area contributed by atoms with E-state index in [0.717, 1.165) is 18.0 Å². The lowest BCUT2D eigenvalue weighted by atomic mass is 9.99. The van der Waals surface area contributed by atoms with Gasteiger partial charge in [-0.05, 0) is 48.6 Å². The number of carbonyl (C=O) groups is 1. The molecule has 0 spiro atoms. The quantitative estimate of drug-likeness (QED) is 0.785. The normalized spacial score (nSPS) is 17.7. The van der Waals surface area contributed by atoms with E-state index in [1.807, 2.05) is 12.1 Å². The number of urea groups is 1. The number of nitrogens with one attached hydrogen (secondary N) is 2. The number of rotatable bonds is 5. The van der Waals surface area contributed by atoms with E-state index in [1.54, 1.807) is 12.1 Å². The highest BCUT2D eigenvalue weighted by Gasteiger charge is 2.16. The predicted molar refractivity (Wildman–Crippen MR) is 107 cm³/mol. The van der Waals surface area contributed by atoms with Gasteiger partial charge in [0.25, 0.3) is 0 Å². The van der Waals surface area contributed by atoms with E-state index >= 15 is 0 Å². The number of hydrogen-bond donors (Lipinski definition) is 2. The van der Waals surface area contributed by atoms with Crippen LogP contribution < -0.4 is 10.6 Å². The molecule has 2 aromatic carbocycles. The highest BCUT2D eigenvalue weighted by atomic mass is 35.5. The van der Waals surface area contributed by atoms with Gasteiger partial charge in [0.05, 0.1) is 10.7 Å². The molecular weight excluding hydrogens is 346 g/mol.